The second-order valence-corrected chi connectivity index (χ2v) is 6.63. The van der Waals surface area contributed by atoms with Crippen LogP contribution in [0.3, 0.4) is 0 Å². The third-order valence-corrected chi connectivity index (χ3v) is 5.40. The molecule has 1 fully saturated rings. The zero-order chi connectivity index (χ0) is 16.5. The van der Waals surface area contributed by atoms with Gasteiger partial charge in [0.05, 0.1) is 11.1 Å². The SMILES string of the molecule is CC[C@H]1CCCN(c2ccnc3[nH]cc(-c4cncnc4)c23)[C@H]1C. The van der Waals surface area contributed by atoms with Crippen LogP contribution in [0, 0.1) is 5.92 Å². The van der Waals surface area contributed by atoms with Gasteiger partial charge in [-0.1, -0.05) is 13.3 Å². The summed E-state index contributed by atoms with van der Waals surface area (Å²) in [7, 11) is 0. The van der Waals surface area contributed by atoms with Gasteiger partial charge in [-0.25, -0.2) is 15.0 Å². The molecule has 0 amide bonds. The van der Waals surface area contributed by atoms with Gasteiger partial charge in [0.15, 0.2) is 0 Å². The highest BCUT2D eigenvalue weighted by Gasteiger charge is 2.28. The van der Waals surface area contributed by atoms with Crippen molar-refractivity contribution < 1.29 is 0 Å². The van der Waals surface area contributed by atoms with Gasteiger partial charge in [0.1, 0.15) is 12.0 Å². The number of anilines is 1. The zero-order valence-corrected chi connectivity index (χ0v) is 14.2. The average molecular weight is 321 g/mol. The molecule has 3 aromatic heterocycles. The van der Waals surface area contributed by atoms with E-state index in [-0.39, 0.29) is 0 Å². The van der Waals surface area contributed by atoms with E-state index in [1.807, 2.05) is 24.8 Å². The molecule has 1 aliphatic heterocycles. The molecule has 0 radical (unpaired) electrons. The molecule has 0 spiro atoms. The highest BCUT2D eigenvalue weighted by Crippen LogP contribution is 2.38. The number of nitrogens with zero attached hydrogens (tertiary/aromatic N) is 4. The first-order chi connectivity index (χ1) is 11.8. The van der Waals surface area contributed by atoms with Gasteiger partial charge in [0.2, 0.25) is 0 Å². The lowest BCUT2D eigenvalue weighted by atomic mass is 9.87. The van der Waals surface area contributed by atoms with Crippen LogP contribution >= 0.6 is 0 Å². The van der Waals surface area contributed by atoms with Crippen molar-refractivity contribution in [2.24, 2.45) is 5.92 Å². The number of hydrogen-bond donors (Lipinski definition) is 1. The molecule has 1 N–H and O–H groups in total. The second kappa shape index (κ2) is 6.23. The number of H-pyrrole nitrogens is 1. The Hall–Kier alpha value is -2.43. The van der Waals surface area contributed by atoms with Crippen molar-refractivity contribution in [2.75, 3.05) is 11.4 Å². The molecule has 0 saturated carbocycles. The molecule has 0 bridgehead atoms. The number of aromatic nitrogens is 4. The summed E-state index contributed by atoms with van der Waals surface area (Å²) >= 11 is 0. The lowest BCUT2D eigenvalue weighted by molar-refractivity contribution is 0.329. The van der Waals surface area contributed by atoms with E-state index >= 15 is 0 Å². The molecular formula is C19H23N5. The summed E-state index contributed by atoms with van der Waals surface area (Å²) in [5, 5.41) is 1.18. The van der Waals surface area contributed by atoms with E-state index in [1.165, 1.54) is 30.3 Å². The van der Waals surface area contributed by atoms with Crippen LogP contribution in [0.4, 0.5) is 5.69 Å². The van der Waals surface area contributed by atoms with Crippen molar-refractivity contribution >= 4 is 16.7 Å². The maximum absolute atomic E-state index is 4.52. The highest BCUT2D eigenvalue weighted by atomic mass is 15.2. The Kier molecular flexibility index (Phi) is 3.92. The van der Waals surface area contributed by atoms with Crippen LogP contribution in [0.2, 0.25) is 0 Å². The van der Waals surface area contributed by atoms with Gasteiger partial charge in [-0.05, 0) is 31.7 Å². The Morgan fingerprint density at radius 1 is 1.29 bits per heavy atom. The Bertz CT molecular complexity index is 826. The third-order valence-electron chi connectivity index (χ3n) is 5.40. The second-order valence-electron chi connectivity index (χ2n) is 6.63. The molecule has 24 heavy (non-hydrogen) atoms. The Morgan fingerprint density at radius 3 is 2.92 bits per heavy atom. The maximum atomic E-state index is 4.52. The quantitative estimate of drug-likeness (QED) is 0.791. The summed E-state index contributed by atoms with van der Waals surface area (Å²) in [5.41, 5.74) is 4.34. The van der Waals surface area contributed by atoms with Crippen LogP contribution in [-0.4, -0.2) is 32.5 Å². The molecule has 0 aromatic carbocycles. The van der Waals surface area contributed by atoms with E-state index in [0.29, 0.717) is 6.04 Å². The smallest absolute Gasteiger partial charge is 0.139 e. The lowest BCUT2D eigenvalue weighted by Gasteiger charge is -2.41. The number of rotatable bonds is 3. The monoisotopic (exact) mass is 321 g/mol. The molecule has 124 valence electrons. The van der Waals surface area contributed by atoms with Crippen molar-refractivity contribution in [2.45, 2.75) is 39.2 Å². The maximum Gasteiger partial charge on any atom is 0.139 e. The predicted octanol–water partition coefficient (Wildman–Crippen LogP) is 4.03. The molecule has 0 unspecified atom stereocenters. The van der Waals surface area contributed by atoms with Crippen LogP contribution < -0.4 is 4.90 Å². The Balaban J connectivity index is 1.85. The van der Waals surface area contributed by atoms with Crippen LogP contribution in [0.1, 0.15) is 33.1 Å². The van der Waals surface area contributed by atoms with E-state index in [1.54, 1.807) is 6.33 Å². The molecular weight excluding hydrogens is 298 g/mol. The van der Waals surface area contributed by atoms with E-state index < -0.39 is 0 Å². The van der Waals surface area contributed by atoms with Crippen molar-refractivity contribution in [1.29, 1.82) is 0 Å². The highest BCUT2D eigenvalue weighted by molar-refractivity contribution is 6.02. The van der Waals surface area contributed by atoms with Crippen LogP contribution in [-0.2, 0) is 0 Å². The minimum absolute atomic E-state index is 0.545. The number of fused-ring (bicyclic) bond motifs is 1. The number of nitrogens with one attached hydrogen (secondary N) is 1. The van der Waals surface area contributed by atoms with E-state index in [0.717, 1.165) is 29.2 Å². The Labute approximate surface area is 142 Å². The van der Waals surface area contributed by atoms with Gasteiger partial charge in [0, 0.05) is 48.5 Å². The fraction of sp³-hybridized carbons (Fsp3) is 0.421. The normalized spacial score (nSPS) is 21.3. The molecule has 1 aliphatic rings. The van der Waals surface area contributed by atoms with Gasteiger partial charge in [-0.3, -0.25) is 0 Å². The Morgan fingerprint density at radius 2 is 2.12 bits per heavy atom. The van der Waals surface area contributed by atoms with Crippen molar-refractivity contribution in [1.82, 2.24) is 19.9 Å². The molecule has 3 aromatic rings. The van der Waals surface area contributed by atoms with Crippen LogP contribution in [0.25, 0.3) is 22.2 Å². The molecule has 5 heteroatoms. The van der Waals surface area contributed by atoms with Crippen molar-refractivity contribution in [3.05, 3.63) is 37.2 Å². The average Bonchev–Trinajstić information content (AvgIpc) is 3.07. The van der Waals surface area contributed by atoms with Crippen molar-refractivity contribution in [3.63, 3.8) is 0 Å². The molecule has 5 nitrogen and oxygen atoms in total. The van der Waals surface area contributed by atoms with Crippen LogP contribution in [0.5, 0.6) is 0 Å². The largest absolute Gasteiger partial charge is 0.368 e. The molecule has 2 atom stereocenters. The fourth-order valence-electron chi connectivity index (χ4n) is 4.05. The van der Waals surface area contributed by atoms with Gasteiger partial charge in [-0.15, -0.1) is 0 Å². The van der Waals surface area contributed by atoms with E-state index in [9.17, 15) is 0 Å². The van der Waals surface area contributed by atoms with Gasteiger partial charge < -0.3 is 9.88 Å². The first-order valence-electron chi connectivity index (χ1n) is 8.77. The van der Waals surface area contributed by atoms with E-state index in [2.05, 4.69) is 44.7 Å². The van der Waals surface area contributed by atoms with Gasteiger partial charge in [-0.2, -0.15) is 0 Å². The first-order valence-corrected chi connectivity index (χ1v) is 8.77. The number of piperidine rings is 1. The standard InChI is InChI=1S/C19H23N5/c1-3-14-5-4-8-24(13(14)2)17-6-7-22-19-18(17)16(11-23-19)15-9-20-12-21-10-15/h6-7,9-14H,3-5,8H2,1-2H3,(H,22,23)/t13-,14-/m0/s1. The fourth-order valence-corrected chi connectivity index (χ4v) is 4.05. The predicted molar refractivity (Wildman–Crippen MR) is 96.9 cm³/mol. The van der Waals surface area contributed by atoms with E-state index in [4.69, 9.17) is 0 Å². The zero-order valence-electron chi connectivity index (χ0n) is 14.2. The third kappa shape index (κ3) is 2.44. The number of aromatic amines is 1. The van der Waals surface area contributed by atoms with Crippen molar-refractivity contribution in [3.8, 4) is 11.1 Å². The summed E-state index contributed by atoms with van der Waals surface area (Å²) in [5.74, 6) is 0.754. The molecule has 4 rings (SSSR count). The van der Waals surface area contributed by atoms with Gasteiger partial charge >= 0.3 is 0 Å². The molecule has 4 heterocycles. The van der Waals surface area contributed by atoms with Crippen LogP contribution in [0.15, 0.2) is 37.2 Å². The number of pyridine rings is 1. The summed E-state index contributed by atoms with van der Waals surface area (Å²) in [6.45, 7) is 5.76. The minimum Gasteiger partial charge on any atom is -0.368 e. The molecule has 0 aliphatic carbocycles. The van der Waals surface area contributed by atoms with Gasteiger partial charge in [0.25, 0.3) is 0 Å². The first kappa shape index (κ1) is 15.1. The molecule has 1 saturated heterocycles. The summed E-state index contributed by atoms with van der Waals surface area (Å²) in [6, 6.07) is 2.70. The topological polar surface area (TPSA) is 57.7 Å². The minimum atomic E-state index is 0.545. The lowest BCUT2D eigenvalue weighted by Crippen LogP contribution is -2.43. The summed E-state index contributed by atoms with van der Waals surface area (Å²) in [4.78, 5) is 18.7. The number of hydrogen-bond acceptors (Lipinski definition) is 4. The summed E-state index contributed by atoms with van der Waals surface area (Å²) in [6.07, 6.45) is 13.0. The summed E-state index contributed by atoms with van der Waals surface area (Å²) < 4.78 is 0.